The van der Waals surface area contributed by atoms with Crippen LogP contribution in [0.1, 0.15) is 33.7 Å². The molecule has 0 amide bonds. The Hall–Kier alpha value is -2.16. The fourth-order valence-corrected chi connectivity index (χ4v) is 4.15. The van der Waals surface area contributed by atoms with E-state index < -0.39 is 5.97 Å². The minimum atomic E-state index is -0.395. The first-order chi connectivity index (χ1) is 12.7. The van der Waals surface area contributed by atoms with E-state index in [4.69, 9.17) is 4.74 Å². The molecular formula is C18H19N3O3S2. The van der Waals surface area contributed by atoms with Crippen LogP contribution in [0, 0.1) is 0 Å². The highest BCUT2D eigenvalue weighted by Crippen LogP contribution is 2.26. The van der Waals surface area contributed by atoms with Gasteiger partial charge in [0.25, 0.3) is 0 Å². The highest BCUT2D eigenvalue weighted by Gasteiger charge is 2.14. The average molecular weight is 390 g/mol. The molecule has 0 radical (unpaired) electrons. The molecule has 2 heterocycles. The standard InChI is InChI=1S/C18H19N3O3S2/c1-2-24-17(23)15-11-25-16(20-15)12-26-18-19-8-14(10-22)21(18)9-13-6-4-3-5-7-13/h3-8,11,22H,2,9-10,12H2,1H3. The van der Waals surface area contributed by atoms with E-state index in [0.29, 0.717) is 24.6 Å². The van der Waals surface area contributed by atoms with Gasteiger partial charge in [-0.05, 0) is 12.5 Å². The van der Waals surface area contributed by atoms with Crippen molar-refractivity contribution >= 4 is 29.1 Å². The molecule has 0 saturated heterocycles. The second-order valence-corrected chi connectivity index (χ2v) is 7.28. The Morgan fingerprint density at radius 3 is 2.88 bits per heavy atom. The third-order valence-electron chi connectivity index (χ3n) is 3.61. The molecular weight excluding hydrogens is 370 g/mol. The van der Waals surface area contributed by atoms with Gasteiger partial charge >= 0.3 is 5.97 Å². The number of ether oxygens (including phenoxy) is 1. The molecule has 0 unspecified atom stereocenters. The van der Waals surface area contributed by atoms with Gasteiger partial charge in [0.15, 0.2) is 10.9 Å². The predicted molar refractivity (Wildman–Crippen MR) is 101 cm³/mol. The number of thiazole rings is 1. The van der Waals surface area contributed by atoms with Crippen molar-refractivity contribution in [2.45, 2.75) is 31.0 Å². The molecule has 6 nitrogen and oxygen atoms in total. The first-order valence-electron chi connectivity index (χ1n) is 8.14. The number of hydrogen-bond donors (Lipinski definition) is 1. The zero-order chi connectivity index (χ0) is 18.4. The lowest BCUT2D eigenvalue weighted by Gasteiger charge is -2.10. The van der Waals surface area contributed by atoms with Gasteiger partial charge in [0.2, 0.25) is 0 Å². The van der Waals surface area contributed by atoms with Gasteiger partial charge in [0.1, 0.15) is 5.01 Å². The number of nitrogens with zero attached hydrogens (tertiary/aromatic N) is 3. The normalized spacial score (nSPS) is 10.8. The van der Waals surface area contributed by atoms with Crippen LogP contribution < -0.4 is 0 Å². The van der Waals surface area contributed by atoms with Gasteiger partial charge < -0.3 is 14.4 Å². The van der Waals surface area contributed by atoms with Crippen LogP contribution in [0.3, 0.4) is 0 Å². The number of aliphatic hydroxyl groups excluding tert-OH is 1. The van der Waals surface area contributed by atoms with Crippen molar-refractivity contribution in [1.82, 2.24) is 14.5 Å². The lowest BCUT2D eigenvalue weighted by molar-refractivity contribution is 0.0520. The summed E-state index contributed by atoms with van der Waals surface area (Å²) in [5.41, 5.74) is 2.25. The van der Waals surface area contributed by atoms with Gasteiger partial charge in [-0.25, -0.2) is 14.8 Å². The maximum Gasteiger partial charge on any atom is 0.357 e. The molecule has 0 aliphatic rings. The van der Waals surface area contributed by atoms with Crippen LogP contribution in [0.5, 0.6) is 0 Å². The number of thioether (sulfide) groups is 1. The average Bonchev–Trinajstić information content (AvgIpc) is 3.28. The molecule has 1 aromatic carbocycles. The molecule has 2 aromatic heterocycles. The van der Waals surface area contributed by atoms with E-state index in [9.17, 15) is 9.90 Å². The SMILES string of the molecule is CCOC(=O)c1csc(CSc2ncc(CO)n2Cc2ccccc2)n1. The van der Waals surface area contributed by atoms with Crippen molar-refractivity contribution in [3.05, 3.63) is 63.9 Å². The van der Waals surface area contributed by atoms with Gasteiger partial charge in [-0.15, -0.1) is 11.3 Å². The van der Waals surface area contributed by atoms with Gasteiger partial charge in [-0.2, -0.15) is 0 Å². The van der Waals surface area contributed by atoms with Crippen LogP contribution in [0.2, 0.25) is 0 Å². The van der Waals surface area contributed by atoms with Crippen LogP contribution in [-0.2, 0) is 23.6 Å². The Balaban J connectivity index is 1.70. The fraction of sp³-hybridized carbons (Fsp3) is 0.278. The number of esters is 1. The Labute approximate surface area is 159 Å². The molecule has 1 N–H and O–H groups in total. The van der Waals surface area contributed by atoms with Crippen LogP contribution in [-0.4, -0.2) is 32.2 Å². The third-order valence-corrected chi connectivity index (χ3v) is 5.64. The van der Waals surface area contributed by atoms with E-state index in [1.165, 1.54) is 23.1 Å². The summed E-state index contributed by atoms with van der Waals surface area (Å²) in [6, 6.07) is 10.0. The van der Waals surface area contributed by atoms with Crippen LogP contribution in [0.15, 0.2) is 47.1 Å². The molecule has 8 heteroatoms. The van der Waals surface area contributed by atoms with Crippen LogP contribution in [0.4, 0.5) is 0 Å². The Morgan fingerprint density at radius 1 is 1.35 bits per heavy atom. The maximum absolute atomic E-state index is 11.7. The van der Waals surface area contributed by atoms with Crippen molar-refractivity contribution in [3.8, 4) is 0 Å². The number of rotatable bonds is 8. The Morgan fingerprint density at radius 2 is 2.15 bits per heavy atom. The Bertz CT molecular complexity index is 862. The van der Waals surface area contributed by atoms with Crippen molar-refractivity contribution in [3.63, 3.8) is 0 Å². The van der Waals surface area contributed by atoms with Crippen molar-refractivity contribution < 1.29 is 14.6 Å². The molecule has 0 bridgehead atoms. The summed E-state index contributed by atoms with van der Waals surface area (Å²) >= 11 is 2.96. The zero-order valence-electron chi connectivity index (χ0n) is 14.3. The summed E-state index contributed by atoms with van der Waals surface area (Å²) in [6.07, 6.45) is 1.69. The van der Waals surface area contributed by atoms with Gasteiger partial charge in [0, 0.05) is 11.9 Å². The van der Waals surface area contributed by atoms with E-state index in [0.717, 1.165) is 21.4 Å². The highest BCUT2D eigenvalue weighted by atomic mass is 32.2. The molecule has 0 aliphatic carbocycles. The van der Waals surface area contributed by atoms with Crippen molar-refractivity contribution in [2.24, 2.45) is 0 Å². The van der Waals surface area contributed by atoms with Crippen molar-refractivity contribution in [1.29, 1.82) is 0 Å². The maximum atomic E-state index is 11.7. The number of carbonyl (C=O) groups excluding carboxylic acids is 1. The summed E-state index contributed by atoms with van der Waals surface area (Å²) < 4.78 is 6.96. The second-order valence-electron chi connectivity index (χ2n) is 5.40. The first kappa shape index (κ1) is 18.6. The summed E-state index contributed by atoms with van der Waals surface area (Å²) in [7, 11) is 0. The molecule has 0 atom stereocenters. The fourth-order valence-electron chi connectivity index (χ4n) is 2.37. The molecule has 0 fully saturated rings. The van der Waals surface area contributed by atoms with Gasteiger partial charge in [-0.3, -0.25) is 0 Å². The Kier molecular flexibility index (Phi) is 6.43. The lowest BCUT2D eigenvalue weighted by Crippen LogP contribution is -2.06. The smallest absolute Gasteiger partial charge is 0.357 e. The van der Waals surface area contributed by atoms with Gasteiger partial charge in [-0.1, -0.05) is 42.1 Å². The number of aliphatic hydroxyl groups is 1. The predicted octanol–water partition coefficient (Wildman–Crippen LogP) is 3.35. The molecule has 0 aliphatic heterocycles. The molecule has 0 saturated carbocycles. The van der Waals surface area contributed by atoms with E-state index in [2.05, 4.69) is 9.97 Å². The van der Waals surface area contributed by atoms with E-state index >= 15 is 0 Å². The minimum absolute atomic E-state index is 0.0648. The summed E-state index contributed by atoms with van der Waals surface area (Å²) in [4.78, 5) is 20.4. The van der Waals surface area contributed by atoms with E-state index in [-0.39, 0.29) is 6.61 Å². The molecule has 3 aromatic rings. The quantitative estimate of drug-likeness (QED) is 0.470. The summed E-state index contributed by atoms with van der Waals surface area (Å²) in [6.45, 7) is 2.68. The van der Waals surface area contributed by atoms with Gasteiger partial charge in [0.05, 0.1) is 30.9 Å². The monoisotopic (exact) mass is 389 g/mol. The molecule has 136 valence electrons. The largest absolute Gasteiger partial charge is 0.461 e. The van der Waals surface area contributed by atoms with Crippen LogP contribution in [0.25, 0.3) is 0 Å². The topological polar surface area (TPSA) is 77.2 Å². The lowest BCUT2D eigenvalue weighted by atomic mass is 10.2. The first-order valence-corrected chi connectivity index (χ1v) is 10.0. The molecule has 0 spiro atoms. The number of carbonyl (C=O) groups is 1. The van der Waals surface area contributed by atoms with E-state index in [1.807, 2.05) is 34.9 Å². The summed E-state index contributed by atoms with van der Waals surface area (Å²) in [5, 5.41) is 12.9. The molecule has 26 heavy (non-hydrogen) atoms. The van der Waals surface area contributed by atoms with E-state index in [1.54, 1.807) is 18.5 Å². The third kappa shape index (κ3) is 4.51. The number of hydrogen-bond acceptors (Lipinski definition) is 7. The summed E-state index contributed by atoms with van der Waals surface area (Å²) in [5.74, 6) is 0.203. The number of aromatic nitrogens is 3. The number of imidazole rings is 1. The van der Waals surface area contributed by atoms with Crippen LogP contribution >= 0.6 is 23.1 Å². The highest BCUT2D eigenvalue weighted by molar-refractivity contribution is 7.98. The van der Waals surface area contributed by atoms with Crippen molar-refractivity contribution in [2.75, 3.05) is 6.61 Å². The second kappa shape index (κ2) is 8.98. The minimum Gasteiger partial charge on any atom is -0.461 e. The number of benzene rings is 1. The molecule has 3 rings (SSSR count). The zero-order valence-corrected chi connectivity index (χ0v) is 15.9.